The van der Waals surface area contributed by atoms with Crippen LogP contribution in [0.15, 0.2) is 53.5 Å². The molecule has 0 aliphatic heterocycles. The predicted octanol–water partition coefficient (Wildman–Crippen LogP) is 3.24. The Labute approximate surface area is 133 Å². The summed E-state index contributed by atoms with van der Waals surface area (Å²) in [6.07, 6.45) is 1.09. The number of benzene rings is 1. The monoisotopic (exact) mass is 393 g/mol. The molecule has 2 aromatic heterocycles. The van der Waals surface area contributed by atoms with E-state index in [1.807, 2.05) is 52.9 Å². The largest absolute Gasteiger partial charge is 0.304 e. The van der Waals surface area contributed by atoms with Gasteiger partial charge in [0.2, 0.25) is 0 Å². The Morgan fingerprint density at radius 2 is 1.86 bits per heavy atom. The minimum absolute atomic E-state index is 0.245. The molecular formula is C15H9FIN3O. The Bertz CT molecular complexity index is 832. The van der Waals surface area contributed by atoms with E-state index < -0.39 is 5.82 Å². The van der Waals surface area contributed by atoms with E-state index in [1.165, 1.54) is 12.1 Å². The van der Waals surface area contributed by atoms with Crippen LogP contribution < -0.4 is 5.56 Å². The van der Waals surface area contributed by atoms with Crippen molar-refractivity contribution in [1.82, 2.24) is 15.0 Å². The lowest BCUT2D eigenvalue weighted by molar-refractivity contribution is 0.621. The molecule has 0 fully saturated rings. The quantitative estimate of drug-likeness (QED) is 0.681. The smallest absolute Gasteiger partial charge is 0.265 e. The number of hydrogen-bond donors (Lipinski definition) is 1. The number of rotatable bonds is 2. The van der Waals surface area contributed by atoms with E-state index >= 15 is 0 Å². The molecule has 0 aliphatic rings. The SMILES string of the molecule is O=c1[nH]c(-c2ccc(F)cn2)nc(-c2ccccc2)c1I. The number of nitrogens with one attached hydrogen (secondary N) is 1. The number of aromatic nitrogens is 3. The highest BCUT2D eigenvalue weighted by Crippen LogP contribution is 2.22. The summed E-state index contributed by atoms with van der Waals surface area (Å²) < 4.78 is 13.4. The van der Waals surface area contributed by atoms with E-state index in [9.17, 15) is 9.18 Å². The Morgan fingerprint density at radius 1 is 1.10 bits per heavy atom. The third-order valence-electron chi connectivity index (χ3n) is 2.88. The van der Waals surface area contributed by atoms with Crippen LogP contribution in [-0.2, 0) is 0 Å². The van der Waals surface area contributed by atoms with E-state index in [1.54, 1.807) is 0 Å². The Kier molecular flexibility index (Phi) is 3.78. The zero-order chi connectivity index (χ0) is 14.8. The van der Waals surface area contributed by atoms with Gasteiger partial charge in [0, 0.05) is 5.56 Å². The summed E-state index contributed by atoms with van der Waals surface area (Å²) in [4.78, 5) is 23.1. The highest BCUT2D eigenvalue weighted by molar-refractivity contribution is 14.1. The topological polar surface area (TPSA) is 58.6 Å². The highest BCUT2D eigenvalue weighted by atomic mass is 127. The molecule has 0 atom stereocenters. The molecule has 0 amide bonds. The molecule has 0 spiro atoms. The third-order valence-corrected chi connectivity index (χ3v) is 3.88. The predicted molar refractivity (Wildman–Crippen MR) is 86.2 cm³/mol. The van der Waals surface area contributed by atoms with E-state index in [4.69, 9.17) is 0 Å². The molecule has 3 rings (SSSR count). The number of hydrogen-bond acceptors (Lipinski definition) is 3. The summed E-state index contributed by atoms with van der Waals surface area (Å²) in [5.41, 5.74) is 1.60. The van der Waals surface area contributed by atoms with Gasteiger partial charge in [-0.05, 0) is 34.7 Å². The fraction of sp³-hybridized carbons (Fsp3) is 0. The number of aromatic amines is 1. The van der Waals surface area contributed by atoms with Crippen LogP contribution in [0.25, 0.3) is 22.8 Å². The Morgan fingerprint density at radius 3 is 2.52 bits per heavy atom. The maximum atomic E-state index is 12.9. The second-order valence-corrected chi connectivity index (χ2v) is 5.38. The summed E-state index contributed by atoms with van der Waals surface area (Å²) in [6, 6.07) is 12.2. The maximum absolute atomic E-state index is 12.9. The highest BCUT2D eigenvalue weighted by Gasteiger charge is 2.12. The molecule has 1 N–H and O–H groups in total. The number of pyridine rings is 1. The van der Waals surface area contributed by atoms with Gasteiger partial charge >= 0.3 is 0 Å². The van der Waals surface area contributed by atoms with Gasteiger partial charge in [-0.1, -0.05) is 30.3 Å². The van der Waals surface area contributed by atoms with Gasteiger partial charge in [-0.2, -0.15) is 0 Å². The van der Waals surface area contributed by atoms with Gasteiger partial charge in [-0.25, -0.2) is 14.4 Å². The van der Waals surface area contributed by atoms with E-state index in [0.29, 0.717) is 20.8 Å². The standard InChI is InChI=1S/C15H9FIN3O/c16-10-6-7-11(18-8-10)14-19-13(12(17)15(21)20-14)9-4-2-1-3-5-9/h1-8H,(H,19,20,21). The van der Waals surface area contributed by atoms with Crippen molar-refractivity contribution in [3.05, 3.63) is 68.4 Å². The molecule has 4 nitrogen and oxygen atoms in total. The first kappa shape index (κ1) is 13.9. The summed E-state index contributed by atoms with van der Waals surface area (Å²) >= 11 is 1.96. The van der Waals surface area contributed by atoms with Gasteiger partial charge in [-0.3, -0.25) is 4.79 Å². The van der Waals surface area contributed by atoms with Crippen LogP contribution in [0, 0.1) is 9.39 Å². The van der Waals surface area contributed by atoms with Crippen LogP contribution >= 0.6 is 22.6 Å². The molecular weight excluding hydrogens is 384 g/mol. The molecule has 0 saturated heterocycles. The molecule has 0 unspecified atom stereocenters. The first-order chi connectivity index (χ1) is 10.1. The van der Waals surface area contributed by atoms with Crippen LogP contribution in [0.2, 0.25) is 0 Å². The van der Waals surface area contributed by atoms with Crippen molar-refractivity contribution in [2.45, 2.75) is 0 Å². The minimum Gasteiger partial charge on any atom is -0.304 e. The molecule has 0 radical (unpaired) electrons. The second-order valence-electron chi connectivity index (χ2n) is 4.30. The first-order valence-corrected chi connectivity index (χ1v) is 7.20. The maximum Gasteiger partial charge on any atom is 0.265 e. The van der Waals surface area contributed by atoms with Crippen LogP contribution in [-0.4, -0.2) is 15.0 Å². The van der Waals surface area contributed by atoms with Gasteiger partial charge in [0.05, 0.1) is 11.9 Å². The van der Waals surface area contributed by atoms with Gasteiger partial charge in [0.1, 0.15) is 15.1 Å². The normalized spacial score (nSPS) is 10.6. The Balaban J connectivity index is 2.19. The van der Waals surface area contributed by atoms with Gasteiger partial charge in [-0.15, -0.1) is 0 Å². The van der Waals surface area contributed by atoms with Crippen molar-refractivity contribution in [3.8, 4) is 22.8 Å². The summed E-state index contributed by atoms with van der Waals surface area (Å²) in [7, 11) is 0. The first-order valence-electron chi connectivity index (χ1n) is 6.12. The molecule has 3 aromatic rings. The lowest BCUT2D eigenvalue weighted by Gasteiger charge is -2.06. The van der Waals surface area contributed by atoms with E-state index in [-0.39, 0.29) is 5.56 Å². The van der Waals surface area contributed by atoms with Crippen molar-refractivity contribution in [2.75, 3.05) is 0 Å². The van der Waals surface area contributed by atoms with Gasteiger partial charge in [0.15, 0.2) is 5.82 Å². The molecule has 0 bridgehead atoms. The fourth-order valence-electron chi connectivity index (χ4n) is 1.88. The van der Waals surface area contributed by atoms with Crippen LogP contribution in [0.3, 0.4) is 0 Å². The summed E-state index contributed by atoms with van der Waals surface area (Å²) in [5.74, 6) is -0.117. The second kappa shape index (κ2) is 5.72. The van der Waals surface area contributed by atoms with Crippen molar-refractivity contribution in [2.24, 2.45) is 0 Å². The fourth-order valence-corrected chi connectivity index (χ4v) is 2.45. The molecule has 6 heteroatoms. The minimum atomic E-state index is -0.435. The third kappa shape index (κ3) is 2.85. The number of halogens is 2. The average molecular weight is 393 g/mol. The lowest BCUT2D eigenvalue weighted by Crippen LogP contribution is -2.14. The van der Waals surface area contributed by atoms with Crippen LogP contribution in [0.5, 0.6) is 0 Å². The zero-order valence-electron chi connectivity index (χ0n) is 10.7. The molecule has 0 saturated carbocycles. The Hall–Kier alpha value is -2.09. The van der Waals surface area contributed by atoms with Crippen LogP contribution in [0.1, 0.15) is 0 Å². The summed E-state index contributed by atoms with van der Waals surface area (Å²) in [5, 5.41) is 0. The summed E-state index contributed by atoms with van der Waals surface area (Å²) in [6.45, 7) is 0. The average Bonchev–Trinajstić information content (AvgIpc) is 2.51. The molecule has 1 aromatic carbocycles. The van der Waals surface area contributed by atoms with Gasteiger partial charge < -0.3 is 4.98 Å². The molecule has 2 heterocycles. The van der Waals surface area contributed by atoms with Crippen molar-refractivity contribution in [3.63, 3.8) is 0 Å². The number of H-pyrrole nitrogens is 1. The van der Waals surface area contributed by atoms with Crippen molar-refractivity contribution < 1.29 is 4.39 Å². The van der Waals surface area contributed by atoms with Crippen molar-refractivity contribution >= 4 is 22.6 Å². The zero-order valence-corrected chi connectivity index (χ0v) is 12.8. The van der Waals surface area contributed by atoms with Crippen LogP contribution in [0.4, 0.5) is 4.39 Å². The van der Waals surface area contributed by atoms with E-state index in [2.05, 4.69) is 15.0 Å². The molecule has 21 heavy (non-hydrogen) atoms. The van der Waals surface area contributed by atoms with Gasteiger partial charge in [0.25, 0.3) is 5.56 Å². The molecule has 104 valence electrons. The molecule has 0 aliphatic carbocycles. The lowest BCUT2D eigenvalue weighted by atomic mass is 10.1. The number of nitrogens with zero attached hydrogens (tertiary/aromatic N) is 2. The van der Waals surface area contributed by atoms with Crippen molar-refractivity contribution in [1.29, 1.82) is 0 Å². The van der Waals surface area contributed by atoms with E-state index in [0.717, 1.165) is 11.8 Å².